The van der Waals surface area contributed by atoms with E-state index in [9.17, 15) is 18.0 Å². The molecule has 1 aliphatic carbocycles. The molecule has 3 rings (SSSR count). The van der Waals surface area contributed by atoms with Crippen LogP contribution in [0.3, 0.4) is 0 Å². The van der Waals surface area contributed by atoms with Crippen LogP contribution in [0.15, 0.2) is 47.4 Å². The van der Waals surface area contributed by atoms with Gasteiger partial charge >= 0.3 is 10.1 Å². The molecule has 0 saturated heterocycles. The van der Waals surface area contributed by atoms with Gasteiger partial charge in [0.2, 0.25) is 11.8 Å². The molecule has 1 saturated carbocycles. The summed E-state index contributed by atoms with van der Waals surface area (Å²) in [4.78, 5) is 28.5. The van der Waals surface area contributed by atoms with Gasteiger partial charge in [-0.05, 0) is 70.4 Å². The Morgan fingerprint density at radius 2 is 1.70 bits per heavy atom. The highest BCUT2D eigenvalue weighted by Crippen LogP contribution is 2.33. The summed E-state index contributed by atoms with van der Waals surface area (Å²) < 4.78 is 32.3. The van der Waals surface area contributed by atoms with Gasteiger partial charge in [0.1, 0.15) is 10.6 Å². The molecule has 9 heteroatoms. The van der Waals surface area contributed by atoms with Crippen LogP contribution in [-0.4, -0.2) is 44.3 Å². The van der Waals surface area contributed by atoms with Gasteiger partial charge in [0, 0.05) is 61.5 Å². The van der Waals surface area contributed by atoms with Gasteiger partial charge in [0.15, 0.2) is 0 Å². The van der Waals surface area contributed by atoms with E-state index in [-0.39, 0.29) is 41.0 Å². The summed E-state index contributed by atoms with van der Waals surface area (Å²) in [5.41, 5.74) is 1.98. The first-order valence-corrected chi connectivity index (χ1v) is 14.5. The number of anilines is 2. The molecule has 1 N–H and O–H groups in total. The highest BCUT2D eigenvalue weighted by atomic mass is 32.2. The molecule has 8 nitrogen and oxygen atoms in total. The minimum Gasteiger partial charge on any atom is -0.379 e. The van der Waals surface area contributed by atoms with E-state index in [2.05, 4.69) is 10.2 Å². The molecule has 0 aromatic heterocycles. The average molecular weight is 530 g/mol. The van der Waals surface area contributed by atoms with Gasteiger partial charge < -0.3 is 19.3 Å². The van der Waals surface area contributed by atoms with E-state index < -0.39 is 10.1 Å². The van der Waals surface area contributed by atoms with Gasteiger partial charge in [-0.1, -0.05) is 19.4 Å². The first-order chi connectivity index (χ1) is 17.6. The number of rotatable bonds is 12. The van der Waals surface area contributed by atoms with E-state index in [0.717, 1.165) is 44.5 Å². The van der Waals surface area contributed by atoms with Crippen LogP contribution < -0.4 is 14.4 Å². The van der Waals surface area contributed by atoms with Crippen molar-refractivity contribution in [3.8, 4) is 5.75 Å². The predicted octanol–water partition coefficient (Wildman–Crippen LogP) is 5.19. The van der Waals surface area contributed by atoms with Crippen LogP contribution in [0, 0.1) is 5.92 Å². The van der Waals surface area contributed by atoms with Crippen LogP contribution in [0.5, 0.6) is 5.75 Å². The van der Waals surface area contributed by atoms with Crippen LogP contribution in [0.25, 0.3) is 0 Å². The Labute approximate surface area is 221 Å². The lowest BCUT2D eigenvalue weighted by atomic mass is 9.84. The fourth-order valence-electron chi connectivity index (χ4n) is 4.36. The van der Waals surface area contributed by atoms with Crippen LogP contribution in [-0.2, 0) is 26.3 Å². The van der Waals surface area contributed by atoms with Gasteiger partial charge in [0.05, 0.1) is 0 Å². The van der Waals surface area contributed by atoms with Crippen molar-refractivity contribution >= 4 is 33.3 Å². The zero-order valence-corrected chi connectivity index (χ0v) is 23.3. The van der Waals surface area contributed by atoms with Crippen molar-refractivity contribution in [2.75, 3.05) is 23.3 Å². The third-order valence-electron chi connectivity index (χ3n) is 7.04. The number of nitrogens with one attached hydrogen (secondary N) is 1. The standard InChI is InChI=1S/C28H39N3O5S/c1-6-20(4)31(28(33)22-10-9-11-22)19-23-12-15-25(30(7-2)8-3)18-27(23)36-37(34,35)26-16-13-24(14-17-26)29-21(5)32/h12-18,20,22H,6-11,19H2,1-5H3,(H,29,32). The summed E-state index contributed by atoms with van der Waals surface area (Å²) >= 11 is 0. The fourth-order valence-corrected chi connectivity index (χ4v) is 5.31. The molecule has 0 bridgehead atoms. The van der Waals surface area contributed by atoms with Gasteiger partial charge in [-0.15, -0.1) is 0 Å². The topological polar surface area (TPSA) is 96.0 Å². The number of carbonyl (C=O) groups is 2. The third-order valence-corrected chi connectivity index (χ3v) is 8.29. The van der Waals surface area contributed by atoms with Gasteiger partial charge in [-0.3, -0.25) is 9.59 Å². The Kier molecular flexibility index (Phi) is 9.59. The van der Waals surface area contributed by atoms with Crippen molar-refractivity contribution in [3.05, 3.63) is 48.0 Å². The van der Waals surface area contributed by atoms with Crippen molar-refractivity contribution in [1.29, 1.82) is 0 Å². The second-order valence-corrected chi connectivity index (χ2v) is 11.1. The van der Waals surface area contributed by atoms with Crippen molar-refractivity contribution < 1.29 is 22.2 Å². The minimum absolute atomic E-state index is 0.0151. The van der Waals surface area contributed by atoms with E-state index in [1.807, 2.05) is 44.7 Å². The number of nitrogens with zero attached hydrogens (tertiary/aromatic N) is 2. The monoisotopic (exact) mass is 529 g/mol. The molecule has 2 aromatic rings. The second kappa shape index (κ2) is 12.4. The van der Waals surface area contributed by atoms with Crippen molar-refractivity contribution in [3.63, 3.8) is 0 Å². The van der Waals surface area contributed by atoms with E-state index in [4.69, 9.17) is 4.18 Å². The van der Waals surface area contributed by atoms with Gasteiger partial charge in [0.25, 0.3) is 0 Å². The van der Waals surface area contributed by atoms with E-state index >= 15 is 0 Å². The van der Waals surface area contributed by atoms with Crippen LogP contribution in [0.2, 0.25) is 0 Å². The molecule has 0 radical (unpaired) electrons. The maximum Gasteiger partial charge on any atom is 0.339 e. The summed E-state index contributed by atoms with van der Waals surface area (Å²) in [6.07, 6.45) is 3.67. The summed E-state index contributed by atoms with van der Waals surface area (Å²) in [5.74, 6) is 0.132. The summed E-state index contributed by atoms with van der Waals surface area (Å²) in [6.45, 7) is 11.3. The van der Waals surface area contributed by atoms with E-state index in [0.29, 0.717) is 11.3 Å². The molecule has 1 fully saturated rings. The maximum atomic E-state index is 13.3. The molecule has 0 heterocycles. The highest BCUT2D eigenvalue weighted by Gasteiger charge is 2.32. The molecule has 2 amide bonds. The quantitative estimate of drug-likeness (QED) is 0.380. The van der Waals surface area contributed by atoms with Gasteiger partial charge in [-0.2, -0.15) is 8.42 Å². The molecule has 0 aliphatic heterocycles. The van der Waals surface area contributed by atoms with Crippen LogP contribution in [0.4, 0.5) is 11.4 Å². The molecule has 202 valence electrons. The number of hydrogen-bond donors (Lipinski definition) is 1. The first kappa shape index (κ1) is 28.5. The molecule has 1 unspecified atom stereocenters. The van der Waals surface area contributed by atoms with Crippen molar-refractivity contribution in [1.82, 2.24) is 4.90 Å². The fraction of sp³-hybridized carbons (Fsp3) is 0.500. The summed E-state index contributed by atoms with van der Waals surface area (Å²) in [6, 6.07) is 11.4. The van der Waals surface area contributed by atoms with Crippen LogP contribution >= 0.6 is 0 Å². The Hall–Kier alpha value is -3.07. The molecule has 2 aromatic carbocycles. The van der Waals surface area contributed by atoms with Crippen molar-refractivity contribution in [2.24, 2.45) is 5.92 Å². The number of carbonyl (C=O) groups excluding carboxylic acids is 2. The minimum atomic E-state index is -4.16. The Balaban J connectivity index is 1.97. The first-order valence-electron chi connectivity index (χ1n) is 13.1. The lowest BCUT2D eigenvalue weighted by Crippen LogP contribution is -2.43. The lowest BCUT2D eigenvalue weighted by molar-refractivity contribution is -0.141. The Morgan fingerprint density at radius 1 is 1.05 bits per heavy atom. The highest BCUT2D eigenvalue weighted by molar-refractivity contribution is 7.87. The van der Waals surface area contributed by atoms with E-state index in [1.165, 1.54) is 31.2 Å². The maximum absolute atomic E-state index is 13.3. The second-order valence-electron chi connectivity index (χ2n) is 9.56. The Morgan fingerprint density at radius 3 is 2.22 bits per heavy atom. The van der Waals surface area contributed by atoms with Gasteiger partial charge in [-0.25, -0.2) is 0 Å². The van der Waals surface area contributed by atoms with Crippen LogP contribution in [0.1, 0.15) is 65.9 Å². The summed E-state index contributed by atoms with van der Waals surface area (Å²) in [7, 11) is -4.16. The smallest absolute Gasteiger partial charge is 0.339 e. The number of amides is 2. The average Bonchev–Trinajstić information content (AvgIpc) is 2.82. The molecular formula is C28H39N3O5S. The molecule has 37 heavy (non-hydrogen) atoms. The molecule has 1 atom stereocenters. The third kappa shape index (κ3) is 7.03. The normalized spacial score (nSPS) is 14.4. The summed E-state index contributed by atoms with van der Waals surface area (Å²) in [5, 5.41) is 2.62. The Bertz CT molecular complexity index is 1190. The predicted molar refractivity (Wildman–Crippen MR) is 146 cm³/mol. The van der Waals surface area contributed by atoms with E-state index in [1.54, 1.807) is 6.07 Å². The number of benzene rings is 2. The molecule has 1 aliphatic rings. The lowest BCUT2D eigenvalue weighted by Gasteiger charge is -2.35. The SMILES string of the molecule is CCC(C)N(Cc1ccc(N(CC)CC)cc1OS(=O)(=O)c1ccc(NC(C)=O)cc1)C(=O)C1CCC1. The number of hydrogen-bond acceptors (Lipinski definition) is 6. The largest absolute Gasteiger partial charge is 0.379 e. The van der Waals surface area contributed by atoms with Crippen molar-refractivity contribution in [2.45, 2.75) is 77.8 Å². The molecule has 0 spiro atoms. The molecular weight excluding hydrogens is 490 g/mol. The zero-order chi connectivity index (χ0) is 27.2. The zero-order valence-electron chi connectivity index (χ0n) is 22.5.